The summed E-state index contributed by atoms with van der Waals surface area (Å²) in [7, 11) is 4.25. The standard InChI is InChI=1S/C14H29N5/c1-7-9-19-13(16-11-17-19)10-12(15-8-2)14(3,4)18(5)6/h11-12,15H,7-10H2,1-6H3. The number of aromatic nitrogens is 3. The molecule has 0 bridgehead atoms. The van der Waals surface area contributed by atoms with E-state index in [0.29, 0.717) is 6.04 Å². The lowest BCUT2D eigenvalue weighted by Gasteiger charge is -2.40. The molecule has 1 heterocycles. The number of hydrogen-bond donors (Lipinski definition) is 1. The van der Waals surface area contributed by atoms with Crippen molar-refractivity contribution in [1.82, 2.24) is 25.0 Å². The van der Waals surface area contributed by atoms with Crippen LogP contribution in [0.25, 0.3) is 0 Å². The van der Waals surface area contributed by atoms with Crippen LogP contribution in [0.2, 0.25) is 0 Å². The van der Waals surface area contributed by atoms with Crippen LogP contribution in [0.3, 0.4) is 0 Å². The molecule has 0 spiro atoms. The Morgan fingerprint density at radius 3 is 2.58 bits per heavy atom. The van der Waals surface area contributed by atoms with Crippen molar-refractivity contribution in [3.8, 4) is 0 Å². The summed E-state index contributed by atoms with van der Waals surface area (Å²) in [5.41, 5.74) is 0.0685. The molecule has 0 aliphatic carbocycles. The van der Waals surface area contributed by atoms with E-state index < -0.39 is 0 Å². The van der Waals surface area contributed by atoms with Crippen molar-refractivity contribution in [2.24, 2.45) is 0 Å². The maximum atomic E-state index is 4.42. The average molecular weight is 267 g/mol. The van der Waals surface area contributed by atoms with Crippen LogP contribution in [0, 0.1) is 0 Å². The Bertz CT molecular complexity index is 370. The molecule has 0 fully saturated rings. The molecule has 110 valence electrons. The maximum absolute atomic E-state index is 4.42. The molecule has 5 heteroatoms. The van der Waals surface area contributed by atoms with Crippen molar-refractivity contribution < 1.29 is 0 Å². The Labute approximate surface area is 117 Å². The summed E-state index contributed by atoms with van der Waals surface area (Å²) in [5.74, 6) is 1.07. The minimum absolute atomic E-state index is 0.0685. The van der Waals surface area contributed by atoms with Gasteiger partial charge >= 0.3 is 0 Å². The molecule has 0 saturated heterocycles. The van der Waals surface area contributed by atoms with E-state index in [2.05, 4.69) is 62.1 Å². The SMILES string of the molecule is CCCn1ncnc1CC(NCC)C(C)(C)N(C)C. The first-order chi connectivity index (χ1) is 8.93. The summed E-state index contributed by atoms with van der Waals surface area (Å²) in [6.07, 6.45) is 3.65. The van der Waals surface area contributed by atoms with E-state index in [1.807, 2.05) is 4.68 Å². The molecule has 1 aromatic heterocycles. The van der Waals surface area contributed by atoms with Gasteiger partial charge in [0.15, 0.2) is 0 Å². The zero-order chi connectivity index (χ0) is 14.5. The second-order valence-electron chi connectivity index (χ2n) is 5.76. The smallest absolute Gasteiger partial charge is 0.138 e. The van der Waals surface area contributed by atoms with Gasteiger partial charge in [-0.15, -0.1) is 0 Å². The van der Waals surface area contributed by atoms with Crippen molar-refractivity contribution >= 4 is 0 Å². The fourth-order valence-corrected chi connectivity index (χ4v) is 2.16. The first-order valence-corrected chi connectivity index (χ1v) is 7.20. The molecule has 1 N–H and O–H groups in total. The fourth-order valence-electron chi connectivity index (χ4n) is 2.16. The van der Waals surface area contributed by atoms with Crippen LogP contribution in [0.15, 0.2) is 6.33 Å². The number of hydrogen-bond acceptors (Lipinski definition) is 4. The highest BCUT2D eigenvalue weighted by atomic mass is 15.3. The number of nitrogens with zero attached hydrogens (tertiary/aromatic N) is 4. The molecule has 1 aromatic rings. The molecule has 1 atom stereocenters. The lowest BCUT2D eigenvalue weighted by molar-refractivity contribution is 0.136. The minimum atomic E-state index is 0.0685. The lowest BCUT2D eigenvalue weighted by Crippen LogP contribution is -2.56. The molecule has 0 aromatic carbocycles. The first-order valence-electron chi connectivity index (χ1n) is 7.20. The topological polar surface area (TPSA) is 46.0 Å². The average Bonchev–Trinajstić information content (AvgIpc) is 2.76. The van der Waals surface area contributed by atoms with E-state index in [4.69, 9.17) is 0 Å². The minimum Gasteiger partial charge on any atom is -0.312 e. The van der Waals surface area contributed by atoms with Gasteiger partial charge in [-0.3, -0.25) is 4.68 Å². The van der Waals surface area contributed by atoms with Crippen LogP contribution >= 0.6 is 0 Å². The van der Waals surface area contributed by atoms with Crippen LogP contribution in [0.4, 0.5) is 0 Å². The zero-order valence-electron chi connectivity index (χ0n) is 13.3. The van der Waals surface area contributed by atoms with Crippen molar-refractivity contribution in [2.75, 3.05) is 20.6 Å². The number of nitrogens with one attached hydrogen (secondary N) is 1. The van der Waals surface area contributed by atoms with Crippen molar-refractivity contribution in [3.63, 3.8) is 0 Å². The van der Waals surface area contributed by atoms with Gasteiger partial charge in [0.25, 0.3) is 0 Å². The molecule has 0 aliphatic rings. The summed E-state index contributed by atoms with van der Waals surface area (Å²) in [6, 6.07) is 0.354. The van der Waals surface area contributed by atoms with Gasteiger partial charge in [-0.25, -0.2) is 4.98 Å². The van der Waals surface area contributed by atoms with Gasteiger partial charge in [-0.1, -0.05) is 13.8 Å². The predicted octanol–water partition coefficient (Wildman–Crippen LogP) is 1.55. The van der Waals surface area contributed by atoms with Gasteiger partial charge in [0.05, 0.1) is 0 Å². The molecule has 0 aliphatic heterocycles. The van der Waals surface area contributed by atoms with Crippen molar-refractivity contribution in [1.29, 1.82) is 0 Å². The van der Waals surface area contributed by atoms with Crippen LogP contribution in [-0.4, -0.2) is 51.9 Å². The van der Waals surface area contributed by atoms with Gasteiger partial charge in [0, 0.05) is 24.5 Å². The van der Waals surface area contributed by atoms with E-state index in [1.54, 1.807) is 6.33 Å². The molecule has 0 radical (unpaired) electrons. The zero-order valence-corrected chi connectivity index (χ0v) is 13.3. The second kappa shape index (κ2) is 7.01. The van der Waals surface area contributed by atoms with Crippen molar-refractivity contribution in [3.05, 3.63) is 12.2 Å². The van der Waals surface area contributed by atoms with E-state index in [1.165, 1.54) is 0 Å². The monoisotopic (exact) mass is 267 g/mol. The van der Waals surface area contributed by atoms with Crippen molar-refractivity contribution in [2.45, 2.75) is 58.7 Å². The summed E-state index contributed by atoms with van der Waals surface area (Å²) in [4.78, 5) is 6.69. The van der Waals surface area contributed by atoms with Gasteiger partial charge in [0.1, 0.15) is 12.2 Å². The van der Waals surface area contributed by atoms with Gasteiger partial charge in [-0.05, 0) is 40.9 Å². The molecule has 0 amide bonds. The van der Waals surface area contributed by atoms with E-state index in [-0.39, 0.29) is 5.54 Å². The van der Waals surface area contributed by atoms with Crippen LogP contribution in [0.1, 0.15) is 39.9 Å². The van der Waals surface area contributed by atoms with Crippen LogP contribution < -0.4 is 5.32 Å². The van der Waals surface area contributed by atoms with Gasteiger partial charge in [0.2, 0.25) is 0 Å². The predicted molar refractivity (Wildman–Crippen MR) is 79.2 cm³/mol. The molecule has 1 rings (SSSR count). The highest BCUT2D eigenvalue weighted by molar-refractivity contribution is 4.99. The molecule has 0 saturated carbocycles. The summed E-state index contributed by atoms with van der Waals surface area (Å²) in [6.45, 7) is 10.7. The van der Waals surface area contributed by atoms with E-state index in [0.717, 1.165) is 31.8 Å². The lowest BCUT2D eigenvalue weighted by atomic mass is 9.90. The van der Waals surface area contributed by atoms with E-state index in [9.17, 15) is 0 Å². The largest absolute Gasteiger partial charge is 0.312 e. The fraction of sp³-hybridized carbons (Fsp3) is 0.857. The summed E-state index contributed by atoms with van der Waals surface area (Å²) >= 11 is 0. The molecular weight excluding hydrogens is 238 g/mol. The third-order valence-corrected chi connectivity index (χ3v) is 3.97. The molecule has 1 unspecified atom stereocenters. The highest BCUT2D eigenvalue weighted by Gasteiger charge is 2.32. The molecule has 5 nitrogen and oxygen atoms in total. The van der Waals surface area contributed by atoms with Gasteiger partial charge < -0.3 is 10.2 Å². The third-order valence-electron chi connectivity index (χ3n) is 3.97. The quantitative estimate of drug-likeness (QED) is 0.776. The number of aryl methyl sites for hydroxylation is 1. The Kier molecular flexibility index (Phi) is 5.94. The number of rotatable bonds is 8. The maximum Gasteiger partial charge on any atom is 0.138 e. The van der Waals surface area contributed by atoms with Crippen LogP contribution in [0.5, 0.6) is 0 Å². The Morgan fingerprint density at radius 1 is 1.37 bits per heavy atom. The highest BCUT2D eigenvalue weighted by Crippen LogP contribution is 2.19. The summed E-state index contributed by atoms with van der Waals surface area (Å²) in [5, 5.41) is 7.90. The second-order valence-corrected chi connectivity index (χ2v) is 5.76. The molecular formula is C14H29N5. The molecule has 19 heavy (non-hydrogen) atoms. The normalized spacial score (nSPS) is 14.1. The first kappa shape index (κ1) is 16.1. The van der Waals surface area contributed by atoms with E-state index >= 15 is 0 Å². The Morgan fingerprint density at radius 2 is 2.05 bits per heavy atom. The number of likely N-dealkylation sites (N-methyl/N-ethyl adjacent to an activating group) is 2. The van der Waals surface area contributed by atoms with Gasteiger partial charge in [-0.2, -0.15) is 5.10 Å². The summed E-state index contributed by atoms with van der Waals surface area (Å²) < 4.78 is 2.02. The Balaban J connectivity index is 2.86. The van der Waals surface area contributed by atoms with Crippen LogP contribution in [-0.2, 0) is 13.0 Å². The third kappa shape index (κ3) is 4.01. The Hall–Kier alpha value is -0.940.